The Morgan fingerprint density at radius 2 is 2.00 bits per heavy atom. The van der Waals surface area contributed by atoms with Gasteiger partial charge >= 0.3 is 0 Å². The Hall–Kier alpha value is -0.610. The van der Waals surface area contributed by atoms with Gasteiger partial charge in [-0.1, -0.05) is 19.3 Å². The van der Waals surface area contributed by atoms with Crippen LogP contribution in [0.2, 0.25) is 0 Å². The molecule has 98 valence electrons. The lowest BCUT2D eigenvalue weighted by Gasteiger charge is -2.28. The highest BCUT2D eigenvalue weighted by Gasteiger charge is 2.29. The molecule has 0 spiro atoms. The second kappa shape index (κ2) is 5.83. The Morgan fingerprint density at radius 3 is 2.59 bits per heavy atom. The maximum atomic E-state index is 12.1. The number of likely N-dealkylation sites (tertiary alicyclic amines) is 1. The van der Waals surface area contributed by atoms with Crippen LogP contribution in [0, 0.1) is 0 Å². The number of aliphatic hydroxyl groups excluding tert-OH is 1. The van der Waals surface area contributed by atoms with Crippen LogP contribution in [-0.2, 0) is 4.79 Å². The second-order valence-corrected chi connectivity index (χ2v) is 5.46. The SMILES string of the molecule is CC(C(=O)NC1CCCCC1)N1CC[C@@H](O)C1. The van der Waals surface area contributed by atoms with Crippen LogP contribution >= 0.6 is 0 Å². The van der Waals surface area contributed by atoms with Crippen molar-refractivity contribution in [3.05, 3.63) is 0 Å². The first kappa shape index (κ1) is 12.8. The normalized spacial score (nSPS) is 29.2. The van der Waals surface area contributed by atoms with Gasteiger partial charge < -0.3 is 10.4 Å². The smallest absolute Gasteiger partial charge is 0.237 e. The Kier molecular flexibility index (Phi) is 4.40. The molecule has 2 rings (SSSR count). The van der Waals surface area contributed by atoms with Crippen LogP contribution in [0.3, 0.4) is 0 Å². The molecule has 2 aliphatic rings. The molecule has 1 amide bonds. The van der Waals surface area contributed by atoms with E-state index >= 15 is 0 Å². The van der Waals surface area contributed by atoms with E-state index in [4.69, 9.17) is 0 Å². The van der Waals surface area contributed by atoms with Crippen LogP contribution in [0.4, 0.5) is 0 Å². The third kappa shape index (κ3) is 3.42. The van der Waals surface area contributed by atoms with Crippen molar-refractivity contribution in [2.24, 2.45) is 0 Å². The molecule has 0 radical (unpaired) electrons. The number of carbonyl (C=O) groups is 1. The fraction of sp³-hybridized carbons (Fsp3) is 0.923. The van der Waals surface area contributed by atoms with Crippen molar-refractivity contribution in [2.75, 3.05) is 13.1 Å². The zero-order chi connectivity index (χ0) is 12.3. The molecule has 2 atom stereocenters. The van der Waals surface area contributed by atoms with Gasteiger partial charge in [0.15, 0.2) is 0 Å². The second-order valence-electron chi connectivity index (χ2n) is 5.46. The zero-order valence-electron chi connectivity index (χ0n) is 10.7. The molecule has 4 nitrogen and oxygen atoms in total. The van der Waals surface area contributed by atoms with E-state index in [-0.39, 0.29) is 18.1 Å². The Bertz CT molecular complexity index is 264. The summed E-state index contributed by atoms with van der Waals surface area (Å²) in [6.07, 6.45) is 6.58. The third-order valence-electron chi connectivity index (χ3n) is 4.07. The van der Waals surface area contributed by atoms with Gasteiger partial charge in [0.25, 0.3) is 0 Å². The molecular formula is C13H24N2O2. The maximum Gasteiger partial charge on any atom is 0.237 e. The van der Waals surface area contributed by atoms with Gasteiger partial charge in [0.05, 0.1) is 12.1 Å². The molecule has 0 aromatic heterocycles. The molecule has 1 saturated carbocycles. The van der Waals surface area contributed by atoms with E-state index in [0.29, 0.717) is 12.6 Å². The van der Waals surface area contributed by atoms with Crippen molar-refractivity contribution < 1.29 is 9.90 Å². The van der Waals surface area contributed by atoms with Crippen LogP contribution in [0.5, 0.6) is 0 Å². The standard InChI is InChI=1S/C13H24N2O2/c1-10(15-8-7-12(16)9-15)13(17)14-11-5-3-2-4-6-11/h10-12,16H,2-9H2,1H3,(H,14,17)/t10?,12-/m1/s1. The number of β-amino-alcohol motifs (C(OH)–C–C–N with tert-alkyl or cyclic N) is 1. The van der Waals surface area contributed by atoms with Crippen molar-refractivity contribution in [2.45, 2.75) is 63.6 Å². The van der Waals surface area contributed by atoms with Crippen molar-refractivity contribution in [3.8, 4) is 0 Å². The Labute approximate surface area is 103 Å². The highest BCUT2D eigenvalue weighted by molar-refractivity contribution is 5.81. The summed E-state index contributed by atoms with van der Waals surface area (Å²) in [5.74, 6) is 0.131. The van der Waals surface area contributed by atoms with E-state index < -0.39 is 0 Å². The van der Waals surface area contributed by atoms with Gasteiger partial charge in [-0.05, 0) is 26.2 Å². The van der Waals surface area contributed by atoms with Gasteiger partial charge in [0.1, 0.15) is 0 Å². The largest absolute Gasteiger partial charge is 0.392 e. The number of hydrogen-bond acceptors (Lipinski definition) is 3. The zero-order valence-corrected chi connectivity index (χ0v) is 10.7. The monoisotopic (exact) mass is 240 g/mol. The van der Waals surface area contributed by atoms with Crippen molar-refractivity contribution in [1.29, 1.82) is 0 Å². The lowest BCUT2D eigenvalue weighted by Crippen LogP contribution is -2.48. The van der Waals surface area contributed by atoms with Crippen LogP contribution in [0.25, 0.3) is 0 Å². The van der Waals surface area contributed by atoms with Gasteiger partial charge in [-0.2, -0.15) is 0 Å². The van der Waals surface area contributed by atoms with Gasteiger partial charge in [0.2, 0.25) is 5.91 Å². The van der Waals surface area contributed by atoms with Crippen molar-refractivity contribution in [1.82, 2.24) is 10.2 Å². The summed E-state index contributed by atoms with van der Waals surface area (Å²) in [5.41, 5.74) is 0. The van der Waals surface area contributed by atoms with Gasteiger partial charge in [0, 0.05) is 19.1 Å². The summed E-state index contributed by atoms with van der Waals surface area (Å²) in [4.78, 5) is 14.1. The van der Waals surface area contributed by atoms with E-state index in [1.54, 1.807) is 0 Å². The number of rotatable bonds is 3. The first-order valence-electron chi connectivity index (χ1n) is 6.89. The fourth-order valence-electron chi connectivity index (χ4n) is 2.85. The molecule has 0 bridgehead atoms. The topological polar surface area (TPSA) is 52.6 Å². The van der Waals surface area contributed by atoms with E-state index in [1.165, 1.54) is 19.3 Å². The molecule has 0 aromatic rings. The predicted octanol–water partition coefficient (Wildman–Crippen LogP) is 0.890. The molecule has 0 aromatic carbocycles. The summed E-state index contributed by atoms with van der Waals surface area (Å²) < 4.78 is 0. The fourth-order valence-corrected chi connectivity index (χ4v) is 2.85. The first-order chi connectivity index (χ1) is 8.16. The van der Waals surface area contributed by atoms with Gasteiger partial charge in [-0.3, -0.25) is 9.69 Å². The van der Waals surface area contributed by atoms with E-state index in [9.17, 15) is 9.90 Å². The van der Waals surface area contributed by atoms with Crippen molar-refractivity contribution >= 4 is 5.91 Å². The van der Waals surface area contributed by atoms with E-state index in [1.807, 2.05) is 6.92 Å². The number of carbonyl (C=O) groups excluding carboxylic acids is 1. The average molecular weight is 240 g/mol. The maximum absolute atomic E-state index is 12.1. The van der Waals surface area contributed by atoms with Crippen molar-refractivity contribution in [3.63, 3.8) is 0 Å². The third-order valence-corrected chi connectivity index (χ3v) is 4.07. The first-order valence-corrected chi connectivity index (χ1v) is 6.89. The van der Waals surface area contributed by atoms with Gasteiger partial charge in [-0.25, -0.2) is 0 Å². The summed E-state index contributed by atoms with van der Waals surface area (Å²) in [6, 6.07) is 0.278. The molecule has 1 aliphatic heterocycles. The minimum atomic E-state index is -0.250. The quantitative estimate of drug-likeness (QED) is 0.770. The molecule has 2 fully saturated rings. The predicted molar refractivity (Wildman–Crippen MR) is 66.7 cm³/mol. The highest BCUT2D eigenvalue weighted by atomic mass is 16.3. The molecule has 1 aliphatic carbocycles. The highest BCUT2D eigenvalue weighted by Crippen LogP contribution is 2.18. The molecular weight excluding hydrogens is 216 g/mol. The summed E-state index contributed by atoms with van der Waals surface area (Å²) in [5, 5.41) is 12.6. The number of aliphatic hydroxyl groups is 1. The average Bonchev–Trinajstić information content (AvgIpc) is 2.76. The molecule has 17 heavy (non-hydrogen) atoms. The minimum absolute atomic E-state index is 0.103. The van der Waals surface area contributed by atoms with Crippen LogP contribution in [0.15, 0.2) is 0 Å². The van der Waals surface area contributed by atoms with Crippen LogP contribution in [0.1, 0.15) is 45.4 Å². The molecule has 4 heteroatoms. The van der Waals surface area contributed by atoms with Gasteiger partial charge in [-0.15, -0.1) is 0 Å². The van der Waals surface area contributed by atoms with Crippen LogP contribution < -0.4 is 5.32 Å². The molecule has 1 unspecified atom stereocenters. The number of nitrogens with one attached hydrogen (secondary N) is 1. The lowest BCUT2D eigenvalue weighted by molar-refractivity contribution is -0.126. The van der Waals surface area contributed by atoms with Crippen LogP contribution in [-0.4, -0.2) is 47.2 Å². The van der Waals surface area contributed by atoms with E-state index in [0.717, 1.165) is 25.8 Å². The molecule has 1 heterocycles. The minimum Gasteiger partial charge on any atom is -0.392 e. The lowest BCUT2D eigenvalue weighted by atomic mass is 9.95. The number of amides is 1. The Morgan fingerprint density at radius 1 is 1.29 bits per heavy atom. The summed E-state index contributed by atoms with van der Waals surface area (Å²) in [6.45, 7) is 3.41. The van der Waals surface area contributed by atoms with E-state index in [2.05, 4.69) is 10.2 Å². The Balaban J connectivity index is 1.78. The molecule has 2 N–H and O–H groups in total. The number of nitrogens with zero attached hydrogens (tertiary/aromatic N) is 1. The number of hydrogen-bond donors (Lipinski definition) is 2. The summed E-state index contributed by atoms with van der Waals surface area (Å²) >= 11 is 0. The molecule has 1 saturated heterocycles. The summed E-state index contributed by atoms with van der Waals surface area (Å²) in [7, 11) is 0.